The monoisotopic (exact) mass is 470 g/mol. The second-order valence-electron chi connectivity index (χ2n) is 10.4. The summed E-state index contributed by atoms with van der Waals surface area (Å²) in [7, 11) is 0. The molecule has 4 unspecified atom stereocenters. The van der Waals surface area contributed by atoms with E-state index in [0.29, 0.717) is 33.9 Å². The molecule has 7 atom stereocenters. The van der Waals surface area contributed by atoms with E-state index in [-0.39, 0.29) is 22.9 Å². The van der Waals surface area contributed by atoms with Crippen LogP contribution in [-0.2, 0) is 9.53 Å². The Labute approximate surface area is 187 Å². The lowest BCUT2D eigenvalue weighted by atomic mass is 9.48. The number of carbonyl (C=O) groups is 2. The Morgan fingerprint density at radius 3 is 2.50 bits per heavy atom. The third kappa shape index (κ3) is 3.04. The Balaban J connectivity index is 1.37. The van der Waals surface area contributed by atoms with Crippen LogP contribution in [0.25, 0.3) is 0 Å². The normalized spacial score (nSPS) is 42.6. The van der Waals surface area contributed by atoms with Gasteiger partial charge < -0.3 is 4.74 Å². The number of hydrogen-bond donors (Lipinski definition) is 0. The van der Waals surface area contributed by atoms with E-state index in [4.69, 9.17) is 4.74 Å². The lowest BCUT2D eigenvalue weighted by molar-refractivity contribution is -0.131. The predicted molar refractivity (Wildman–Crippen MR) is 120 cm³/mol. The highest BCUT2D eigenvalue weighted by Crippen LogP contribution is 2.65. The third-order valence-corrected chi connectivity index (χ3v) is 9.91. The van der Waals surface area contributed by atoms with Crippen LogP contribution in [0, 0.1) is 28.6 Å². The zero-order valence-corrected chi connectivity index (χ0v) is 19.5. The van der Waals surface area contributed by atoms with Crippen LogP contribution in [0.5, 0.6) is 0 Å². The minimum Gasteiger partial charge on any atom is -0.458 e. The molecule has 0 heterocycles. The molecule has 0 N–H and O–H groups in total. The van der Waals surface area contributed by atoms with Gasteiger partial charge in [0.05, 0.1) is 5.56 Å². The Kier molecular flexibility index (Phi) is 5.00. The first kappa shape index (κ1) is 20.5. The van der Waals surface area contributed by atoms with Crippen molar-refractivity contribution < 1.29 is 14.3 Å². The summed E-state index contributed by atoms with van der Waals surface area (Å²) in [5, 5.41) is 0. The largest absolute Gasteiger partial charge is 0.458 e. The number of ketones is 1. The maximum atomic E-state index is 12.7. The zero-order valence-electron chi connectivity index (χ0n) is 17.9. The van der Waals surface area contributed by atoms with E-state index in [2.05, 4.69) is 35.9 Å². The molecule has 3 fully saturated rings. The van der Waals surface area contributed by atoms with Gasteiger partial charge in [-0.3, -0.25) is 4.79 Å². The van der Waals surface area contributed by atoms with Crippen LogP contribution in [0.3, 0.4) is 0 Å². The van der Waals surface area contributed by atoms with Crippen LogP contribution in [0.1, 0.15) is 69.2 Å². The van der Waals surface area contributed by atoms with Crippen molar-refractivity contribution in [2.75, 3.05) is 0 Å². The van der Waals surface area contributed by atoms with Gasteiger partial charge >= 0.3 is 5.97 Å². The van der Waals surface area contributed by atoms with Gasteiger partial charge in [-0.25, -0.2) is 4.79 Å². The standard InChI is InChI=1S/C26H31BrO3/c1-25-12-10-18(30-24(29)16-6-4-3-5-7-16)14-17(25)15-21(27)23-19-8-9-22(28)26(19,2)13-11-20(23)25/h3-7,15,18-21,23H,8-14H2,1-2H3/t18-,19?,20?,21?,23?,25-,26-/m0/s1. The molecule has 160 valence electrons. The lowest BCUT2D eigenvalue weighted by Gasteiger charge is -2.58. The summed E-state index contributed by atoms with van der Waals surface area (Å²) in [4.78, 5) is 25.5. The van der Waals surface area contributed by atoms with Crippen LogP contribution in [0.2, 0.25) is 0 Å². The van der Waals surface area contributed by atoms with E-state index in [1.807, 2.05) is 30.3 Å². The van der Waals surface area contributed by atoms with Gasteiger partial charge in [0.15, 0.2) is 0 Å². The van der Waals surface area contributed by atoms with Gasteiger partial charge in [0.2, 0.25) is 0 Å². The first-order valence-corrected chi connectivity index (χ1v) is 12.4. The minimum absolute atomic E-state index is 0.0461. The highest BCUT2D eigenvalue weighted by Gasteiger charge is 2.60. The molecule has 0 radical (unpaired) electrons. The van der Waals surface area contributed by atoms with Crippen molar-refractivity contribution >= 4 is 27.7 Å². The van der Waals surface area contributed by atoms with E-state index in [9.17, 15) is 9.59 Å². The molecule has 1 aromatic carbocycles. The number of carbonyl (C=O) groups excluding carboxylic acids is 2. The first-order valence-electron chi connectivity index (χ1n) is 11.5. The average molecular weight is 471 g/mol. The number of fused-ring (bicyclic) bond motifs is 5. The van der Waals surface area contributed by atoms with E-state index in [0.717, 1.165) is 44.9 Å². The molecule has 0 spiro atoms. The van der Waals surface area contributed by atoms with Gasteiger partial charge in [0, 0.05) is 23.1 Å². The fourth-order valence-electron chi connectivity index (χ4n) is 7.24. The zero-order chi connectivity index (χ0) is 21.1. The van der Waals surface area contributed by atoms with Gasteiger partial charge in [0.25, 0.3) is 0 Å². The molecule has 0 aromatic heterocycles. The number of Topliss-reactive ketones (excluding diaryl/α,β-unsaturated/α-hetero) is 1. The quantitative estimate of drug-likeness (QED) is 0.297. The van der Waals surface area contributed by atoms with E-state index >= 15 is 0 Å². The fourth-order valence-corrected chi connectivity index (χ4v) is 8.29. The molecule has 5 rings (SSSR count). The van der Waals surface area contributed by atoms with Gasteiger partial charge in [-0.1, -0.05) is 59.6 Å². The molecule has 30 heavy (non-hydrogen) atoms. The molecule has 1 aromatic rings. The van der Waals surface area contributed by atoms with Gasteiger partial charge in [-0.15, -0.1) is 0 Å². The van der Waals surface area contributed by atoms with E-state index in [1.54, 1.807) is 0 Å². The van der Waals surface area contributed by atoms with Crippen molar-refractivity contribution in [1.29, 1.82) is 0 Å². The fraction of sp³-hybridized carbons (Fsp3) is 0.615. The minimum atomic E-state index is -0.216. The molecule has 4 aliphatic rings. The van der Waals surface area contributed by atoms with Gasteiger partial charge in [-0.05, 0) is 67.4 Å². The summed E-state index contributed by atoms with van der Waals surface area (Å²) in [6.07, 6.45) is 9.16. The van der Waals surface area contributed by atoms with E-state index < -0.39 is 0 Å². The van der Waals surface area contributed by atoms with Crippen LogP contribution < -0.4 is 0 Å². The number of hydrogen-bond acceptors (Lipinski definition) is 3. The summed E-state index contributed by atoms with van der Waals surface area (Å²) >= 11 is 4.01. The summed E-state index contributed by atoms with van der Waals surface area (Å²) in [6, 6.07) is 9.29. The molecule has 4 aliphatic carbocycles. The van der Waals surface area contributed by atoms with Crippen molar-refractivity contribution in [3.05, 3.63) is 47.5 Å². The van der Waals surface area contributed by atoms with Crippen molar-refractivity contribution in [3.8, 4) is 0 Å². The molecule has 0 bridgehead atoms. The summed E-state index contributed by atoms with van der Waals surface area (Å²) in [5.74, 6) is 1.91. The Morgan fingerprint density at radius 1 is 1.03 bits per heavy atom. The molecular weight excluding hydrogens is 440 g/mol. The number of esters is 1. The van der Waals surface area contributed by atoms with Crippen LogP contribution in [0.4, 0.5) is 0 Å². The summed E-state index contributed by atoms with van der Waals surface area (Å²) < 4.78 is 5.90. The SMILES string of the molecule is C[C@]12CC[C@H](OC(=O)c3ccccc3)CC1=CC(Br)C1C2CC[C@]2(C)C(=O)CCC12. The van der Waals surface area contributed by atoms with Crippen LogP contribution in [0.15, 0.2) is 42.0 Å². The highest BCUT2D eigenvalue weighted by atomic mass is 79.9. The molecule has 0 saturated heterocycles. The molecule has 0 aliphatic heterocycles. The predicted octanol–water partition coefficient (Wildman–Crippen LogP) is 6.12. The van der Waals surface area contributed by atoms with Crippen molar-refractivity contribution in [2.45, 2.75) is 69.7 Å². The number of benzene rings is 1. The second-order valence-corrected chi connectivity index (χ2v) is 11.5. The Bertz CT molecular complexity index is 893. The maximum absolute atomic E-state index is 12.7. The topological polar surface area (TPSA) is 43.4 Å². The van der Waals surface area contributed by atoms with E-state index in [1.165, 1.54) is 5.57 Å². The smallest absolute Gasteiger partial charge is 0.338 e. The Hall–Kier alpha value is -1.42. The van der Waals surface area contributed by atoms with Gasteiger partial charge in [0.1, 0.15) is 11.9 Å². The molecule has 3 saturated carbocycles. The third-order valence-electron chi connectivity index (χ3n) is 9.04. The lowest BCUT2D eigenvalue weighted by Crippen LogP contribution is -2.53. The maximum Gasteiger partial charge on any atom is 0.338 e. The number of halogens is 1. The summed E-state index contributed by atoms with van der Waals surface area (Å²) in [6.45, 7) is 4.66. The molecular formula is C26H31BrO3. The molecule has 0 amide bonds. The molecule has 4 heteroatoms. The highest BCUT2D eigenvalue weighted by molar-refractivity contribution is 9.09. The molecule has 3 nitrogen and oxygen atoms in total. The van der Waals surface area contributed by atoms with Gasteiger partial charge in [-0.2, -0.15) is 0 Å². The second kappa shape index (κ2) is 7.32. The van der Waals surface area contributed by atoms with Crippen molar-refractivity contribution in [1.82, 2.24) is 0 Å². The first-order chi connectivity index (χ1) is 14.3. The number of alkyl halides is 1. The van der Waals surface area contributed by atoms with Crippen LogP contribution in [-0.4, -0.2) is 22.7 Å². The Morgan fingerprint density at radius 2 is 1.73 bits per heavy atom. The number of allylic oxidation sites excluding steroid dienone is 1. The van der Waals surface area contributed by atoms with Crippen molar-refractivity contribution in [3.63, 3.8) is 0 Å². The van der Waals surface area contributed by atoms with Crippen molar-refractivity contribution in [2.24, 2.45) is 28.6 Å². The number of rotatable bonds is 2. The summed E-state index contributed by atoms with van der Waals surface area (Å²) in [5.41, 5.74) is 2.13. The van der Waals surface area contributed by atoms with Crippen LogP contribution >= 0.6 is 15.9 Å². The number of ether oxygens (including phenoxy) is 1. The average Bonchev–Trinajstić information content (AvgIpc) is 3.04.